The van der Waals surface area contributed by atoms with E-state index < -0.39 is 15.8 Å². The van der Waals surface area contributed by atoms with Crippen LogP contribution in [0.5, 0.6) is 5.75 Å². The molecule has 1 heterocycles. The van der Waals surface area contributed by atoms with E-state index in [1.807, 2.05) is 24.3 Å². The highest BCUT2D eigenvalue weighted by Gasteiger charge is 2.35. The molecule has 1 unspecified atom stereocenters. The molecule has 1 N–H and O–H groups in total. The van der Waals surface area contributed by atoms with E-state index in [1.165, 1.54) is 22.5 Å². The molecule has 8 heteroatoms. The number of methoxy groups -OCH3 is 1. The molecule has 26 heavy (non-hydrogen) atoms. The molecule has 2 aromatic rings. The molecule has 1 saturated heterocycles. The molecule has 1 fully saturated rings. The van der Waals surface area contributed by atoms with E-state index in [-0.39, 0.29) is 23.3 Å². The summed E-state index contributed by atoms with van der Waals surface area (Å²) in [5.74, 6) is 0.229. The second-order valence-corrected chi connectivity index (χ2v) is 7.88. The lowest BCUT2D eigenvalue weighted by Crippen LogP contribution is -2.48. The van der Waals surface area contributed by atoms with E-state index in [4.69, 9.17) is 4.74 Å². The highest BCUT2D eigenvalue weighted by Crippen LogP contribution is 2.34. The first kappa shape index (κ1) is 20.6. The predicted molar refractivity (Wildman–Crippen MR) is 101 cm³/mol. The maximum Gasteiger partial charge on any atom is 0.243 e. The van der Waals surface area contributed by atoms with Gasteiger partial charge in [-0.2, -0.15) is 4.31 Å². The lowest BCUT2D eigenvalue weighted by Gasteiger charge is -2.36. The quantitative estimate of drug-likeness (QED) is 0.857. The molecule has 0 amide bonds. The standard InChI is InChI=1S/C18H21FN2O3S.ClH/c1-13-11-14(7-8-16(13)19)25(22,23)21-10-9-20-12-17(21)15-5-3-4-6-18(15)24-2;/h3-8,11,17,20H,9-10,12H2,1-2H3;1H. The SMILES string of the molecule is COc1ccccc1C1CNCCN1S(=O)(=O)c1ccc(F)c(C)c1.Cl. The largest absolute Gasteiger partial charge is 0.496 e. The summed E-state index contributed by atoms with van der Waals surface area (Å²) in [6, 6.07) is 10.9. The third-order valence-corrected chi connectivity index (χ3v) is 6.33. The van der Waals surface area contributed by atoms with Gasteiger partial charge in [0, 0.05) is 25.2 Å². The summed E-state index contributed by atoms with van der Waals surface area (Å²) in [4.78, 5) is 0.105. The van der Waals surface area contributed by atoms with Crippen molar-refractivity contribution in [3.63, 3.8) is 0 Å². The van der Waals surface area contributed by atoms with Crippen molar-refractivity contribution < 1.29 is 17.5 Å². The van der Waals surface area contributed by atoms with Crippen LogP contribution >= 0.6 is 12.4 Å². The van der Waals surface area contributed by atoms with Gasteiger partial charge in [-0.3, -0.25) is 0 Å². The van der Waals surface area contributed by atoms with Gasteiger partial charge >= 0.3 is 0 Å². The van der Waals surface area contributed by atoms with Gasteiger partial charge in [0.05, 0.1) is 18.0 Å². The Kier molecular flexibility index (Phi) is 6.63. The van der Waals surface area contributed by atoms with Crippen LogP contribution in [-0.2, 0) is 10.0 Å². The van der Waals surface area contributed by atoms with Crippen LogP contribution in [0.1, 0.15) is 17.2 Å². The van der Waals surface area contributed by atoms with Crippen LogP contribution < -0.4 is 10.1 Å². The average molecular weight is 401 g/mol. The second kappa shape index (κ2) is 8.35. The number of para-hydroxylation sites is 1. The zero-order chi connectivity index (χ0) is 18.0. The zero-order valence-corrected chi connectivity index (χ0v) is 16.2. The summed E-state index contributed by atoms with van der Waals surface area (Å²) < 4.78 is 46.7. The third kappa shape index (κ3) is 3.86. The molecule has 1 aliphatic rings. The Morgan fingerprint density at radius 2 is 1.96 bits per heavy atom. The molecule has 0 saturated carbocycles. The van der Waals surface area contributed by atoms with Gasteiger partial charge < -0.3 is 10.1 Å². The lowest BCUT2D eigenvalue weighted by molar-refractivity contribution is 0.264. The smallest absolute Gasteiger partial charge is 0.243 e. The summed E-state index contributed by atoms with van der Waals surface area (Å²) in [7, 11) is -2.19. The molecule has 5 nitrogen and oxygen atoms in total. The molecule has 1 aliphatic heterocycles. The minimum absolute atomic E-state index is 0. The van der Waals surface area contributed by atoms with Gasteiger partial charge in [-0.15, -0.1) is 12.4 Å². The van der Waals surface area contributed by atoms with Crippen molar-refractivity contribution in [2.75, 3.05) is 26.7 Å². The van der Waals surface area contributed by atoms with E-state index >= 15 is 0 Å². The van der Waals surface area contributed by atoms with Crippen molar-refractivity contribution in [1.82, 2.24) is 9.62 Å². The van der Waals surface area contributed by atoms with Crippen LogP contribution in [0.15, 0.2) is 47.4 Å². The van der Waals surface area contributed by atoms with Crippen LogP contribution in [0.4, 0.5) is 4.39 Å². The number of rotatable bonds is 4. The molecule has 142 valence electrons. The van der Waals surface area contributed by atoms with Crippen LogP contribution in [0.3, 0.4) is 0 Å². The maximum absolute atomic E-state index is 13.5. The number of sulfonamides is 1. The van der Waals surface area contributed by atoms with Crippen LogP contribution in [0.25, 0.3) is 0 Å². The monoisotopic (exact) mass is 400 g/mol. The van der Waals surface area contributed by atoms with E-state index in [9.17, 15) is 12.8 Å². The van der Waals surface area contributed by atoms with Crippen molar-refractivity contribution in [2.24, 2.45) is 0 Å². The Balaban J connectivity index is 0.00000243. The first-order valence-electron chi connectivity index (χ1n) is 8.07. The summed E-state index contributed by atoms with van der Waals surface area (Å²) in [5, 5.41) is 3.24. The number of nitrogens with zero attached hydrogens (tertiary/aromatic N) is 1. The summed E-state index contributed by atoms with van der Waals surface area (Å²) in [5.41, 5.74) is 1.12. The third-order valence-electron chi connectivity index (χ3n) is 4.43. The molecule has 0 aliphatic carbocycles. The van der Waals surface area contributed by atoms with E-state index in [2.05, 4.69) is 5.32 Å². The lowest BCUT2D eigenvalue weighted by atomic mass is 10.0. The fourth-order valence-electron chi connectivity index (χ4n) is 3.09. The number of benzene rings is 2. The van der Waals surface area contributed by atoms with Gasteiger partial charge in [0.15, 0.2) is 0 Å². The predicted octanol–water partition coefficient (Wildman–Crippen LogP) is 2.90. The number of halogens is 2. The Bertz CT molecular complexity index is 876. The molecule has 2 aromatic carbocycles. The highest BCUT2D eigenvalue weighted by molar-refractivity contribution is 7.89. The van der Waals surface area contributed by atoms with Crippen molar-refractivity contribution >= 4 is 22.4 Å². The van der Waals surface area contributed by atoms with Gasteiger partial charge in [-0.25, -0.2) is 12.8 Å². The molecule has 3 rings (SSSR count). The molecular weight excluding hydrogens is 379 g/mol. The number of ether oxygens (including phenoxy) is 1. The van der Waals surface area contributed by atoms with Gasteiger partial charge in [-0.1, -0.05) is 18.2 Å². The first-order valence-corrected chi connectivity index (χ1v) is 9.51. The maximum atomic E-state index is 13.5. The number of piperazine rings is 1. The number of aryl methyl sites for hydroxylation is 1. The number of hydrogen-bond donors (Lipinski definition) is 1. The number of hydrogen-bond acceptors (Lipinski definition) is 4. The zero-order valence-electron chi connectivity index (χ0n) is 14.6. The van der Waals surface area contributed by atoms with Gasteiger partial charge in [-0.05, 0) is 36.8 Å². The van der Waals surface area contributed by atoms with Crippen molar-refractivity contribution in [3.05, 3.63) is 59.4 Å². The first-order chi connectivity index (χ1) is 11.9. The Morgan fingerprint density at radius 1 is 1.23 bits per heavy atom. The van der Waals surface area contributed by atoms with Gasteiger partial charge in [0.25, 0.3) is 0 Å². The van der Waals surface area contributed by atoms with Crippen LogP contribution in [-0.4, -0.2) is 39.5 Å². The second-order valence-electron chi connectivity index (χ2n) is 5.99. The topological polar surface area (TPSA) is 58.6 Å². The van der Waals surface area contributed by atoms with Crippen molar-refractivity contribution in [1.29, 1.82) is 0 Å². The fraction of sp³-hybridized carbons (Fsp3) is 0.333. The summed E-state index contributed by atoms with van der Waals surface area (Å²) in [6.45, 7) is 2.94. The Labute approximate surface area is 159 Å². The van der Waals surface area contributed by atoms with Crippen LogP contribution in [0, 0.1) is 12.7 Å². The van der Waals surface area contributed by atoms with Crippen molar-refractivity contribution in [2.45, 2.75) is 17.9 Å². The molecule has 0 aromatic heterocycles. The fourth-order valence-corrected chi connectivity index (χ4v) is 4.78. The minimum atomic E-state index is -3.75. The Morgan fingerprint density at radius 3 is 2.65 bits per heavy atom. The highest BCUT2D eigenvalue weighted by atomic mass is 35.5. The van der Waals surface area contributed by atoms with Gasteiger partial charge in [0.1, 0.15) is 11.6 Å². The van der Waals surface area contributed by atoms with Crippen molar-refractivity contribution in [3.8, 4) is 5.75 Å². The summed E-state index contributed by atoms with van der Waals surface area (Å²) >= 11 is 0. The summed E-state index contributed by atoms with van der Waals surface area (Å²) in [6.07, 6.45) is 0. The van der Waals surface area contributed by atoms with Crippen LogP contribution in [0.2, 0.25) is 0 Å². The molecule has 0 bridgehead atoms. The van der Waals surface area contributed by atoms with E-state index in [0.29, 0.717) is 30.9 Å². The molecule has 1 atom stereocenters. The van der Waals surface area contributed by atoms with E-state index in [0.717, 1.165) is 5.56 Å². The van der Waals surface area contributed by atoms with Gasteiger partial charge in [0.2, 0.25) is 10.0 Å². The molecule has 0 radical (unpaired) electrons. The average Bonchev–Trinajstić information content (AvgIpc) is 2.63. The minimum Gasteiger partial charge on any atom is -0.496 e. The molecule has 0 spiro atoms. The molecular formula is C18H22ClFN2O3S. The number of nitrogens with one attached hydrogen (secondary N) is 1. The Hall–Kier alpha value is -1.67. The van der Waals surface area contributed by atoms with E-state index in [1.54, 1.807) is 14.0 Å². The normalized spacial score (nSPS) is 18.2.